The normalized spacial score (nSPS) is 17.8. The van der Waals surface area contributed by atoms with Crippen LogP contribution in [0.25, 0.3) is 0 Å². The van der Waals surface area contributed by atoms with Gasteiger partial charge in [-0.15, -0.1) is 0 Å². The molecule has 1 aliphatic heterocycles. The molecule has 0 aliphatic carbocycles. The molecule has 5 N–H and O–H groups in total. The zero-order valence-corrected chi connectivity index (χ0v) is 19.2. The van der Waals surface area contributed by atoms with Crippen LogP contribution in [0.2, 0.25) is 0 Å². The van der Waals surface area contributed by atoms with Gasteiger partial charge in [-0.05, 0) is 55.5 Å². The van der Waals surface area contributed by atoms with Crippen LogP contribution in [0.5, 0.6) is 11.5 Å². The van der Waals surface area contributed by atoms with Crippen LogP contribution in [-0.4, -0.2) is 53.9 Å². The minimum absolute atomic E-state index is 0.179. The number of aromatic carboxylic acids is 1. The summed E-state index contributed by atoms with van der Waals surface area (Å²) < 4.78 is 15.0. The van der Waals surface area contributed by atoms with Gasteiger partial charge in [0.15, 0.2) is 5.75 Å². The van der Waals surface area contributed by atoms with E-state index in [1.54, 1.807) is 12.1 Å². The Hall–Kier alpha value is -2.30. The Labute approximate surface area is 193 Å². The molecule has 2 atom stereocenters. The molecule has 32 heavy (non-hydrogen) atoms. The third kappa shape index (κ3) is 7.99. The fourth-order valence-corrected chi connectivity index (χ4v) is 3.88. The number of nitrogens with one attached hydrogen (secondary N) is 2. The van der Waals surface area contributed by atoms with Gasteiger partial charge in [-0.3, -0.25) is 0 Å². The second kappa shape index (κ2) is 14.0. The molecule has 3 rings (SSSR count). The zero-order chi connectivity index (χ0) is 23.3. The molecule has 0 radical (unpaired) electrons. The number of benzene rings is 2. The fourth-order valence-electron chi connectivity index (χ4n) is 3.00. The van der Waals surface area contributed by atoms with Gasteiger partial charge in [0.05, 0.1) is 28.9 Å². The quantitative estimate of drug-likeness (QED) is 0.261. The number of aliphatic hydroxyl groups excluding tert-OH is 2. The molecule has 0 spiro atoms. The summed E-state index contributed by atoms with van der Waals surface area (Å²) in [5.41, 5.74) is 0.815. The van der Waals surface area contributed by atoms with Gasteiger partial charge in [0.25, 0.3) is 0 Å². The number of ether oxygens (including phenoxy) is 2. The lowest BCUT2D eigenvalue weighted by Crippen LogP contribution is -2.36. The molecule has 9 heteroatoms. The zero-order valence-electron chi connectivity index (χ0n) is 18.4. The molecule has 1 fully saturated rings. The molecule has 2 aromatic rings. The maximum absolute atomic E-state index is 11.7. The summed E-state index contributed by atoms with van der Waals surface area (Å²) in [6.07, 6.45) is 2.64. The summed E-state index contributed by atoms with van der Waals surface area (Å²) in [6.45, 7) is 3.10. The van der Waals surface area contributed by atoms with E-state index in [1.165, 1.54) is 11.9 Å². The van der Waals surface area contributed by atoms with E-state index >= 15 is 0 Å². The van der Waals surface area contributed by atoms with Gasteiger partial charge < -0.3 is 30.1 Å². The van der Waals surface area contributed by atoms with Gasteiger partial charge in [0.1, 0.15) is 12.0 Å². The lowest BCUT2D eigenvalue weighted by molar-refractivity contribution is -0.0583. The highest BCUT2D eigenvalue weighted by molar-refractivity contribution is 7.97. The van der Waals surface area contributed by atoms with Crippen molar-refractivity contribution in [3.8, 4) is 11.5 Å². The van der Waals surface area contributed by atoms with Crippen LogP contribution in [-0.2, 0) is 4.74 Å². The van der Waals surface area contributed by atoms with Crippen molar-refractivity contribution in [3.05, 3.63) is 48.0 Å². The van der Waals surface area contributed by atoms with Crippen LogP contribution < -0.4 is 14.8 Å². The first kappa shape index (κ1) is 26.0. The topological polar surface area (TPSA) is 120 Å². The van der Waals surface area contributed by atoms with E-state index in [-0.39, 0.29) is 18.4 Å². The lowest BCUT2D eigenvalue weighted by Gasteiger charge is -2.27. The molecular weight excluding hydrogens is 432 g/mol. The molecule has 0 aromatic heterocycles. The minimum Gasteiger partial charge on any atom is -0.478 e. The average molecular weight is 465 g/mol. The first-order chi connectivity index (χ1) is 15.6. The molecule has 1 heterocycles. The van der Waals surface area contributed by atoms with Crippen molar-refractivity contribution in [1.29, 1.82) is 0 Å². The Bertz CT molecular complexity index is 829. The van der Waals surface area contributed by atoms with Gasteiger partial charge in [-0.2, -0.15) is 0 Å². The molecule has 2 aromatic carbocycles. The first-order valence-electron chi connectivity index (χ1n) is 10.6. The number of rotatable bonds is 10. The van der Waals surface area contributed by atoms with Crippen molar-refractivity contribution in [2.45, 2.75) is 49.8 Å². The number of carboxylic acid groups (broad SMARTS) is 1. The maximum atomic E-state index is 11.7. The molecular formula is C23H32N2O6S. The van der Waals surface area contributed by atoms with Crippen LogP contribution >= 0.6 is 11.9 Å². The Balaban J connectivity index is 0.00000176. The van der Waals surface area contributed by atoms with Gasteiger partial charge in [-0.25, -0.2) is 9.52 Å². The van der Waals surface area contributed by atoms with E-state index in [9.17, 15) is 15.0 Å². The first-order valence-corrected chi connectivity index (χ1v) is 11.4. The van der Waals surface area contributed by atoms with Crippen molar-refractivity contribution in [2.24, 2.45) is 0 Å². The number of hydrogen-bond donors (Lipinski definition) is 5. The summed E-state index contributed by atoms with van der Waals surface area (Å²) in [7, 11) is 1.00. The number of para-hydroxylation sites is 1. The maximum Gasteiger partial charge on any atom is 0.335 e. The summed E-state index contributed by atoms with van der Waals surface area (Å²) >= 11 is 1.27. The van der Waals surface area contributed by atoms with Crippen molar-refractivity contribution in [3.63, 3.8) is 0 Å². The van der Waals surface area contributed by atoms with Gasteiger partial charge >= 0.3 is 5.97 Å². The number of carboxylic acids is 1. The SMILES string of the molecule is CCCCNc1cc(C(=O)O)cc(SNC2CCC(O)CO2)c1Oc1ccccc1.CO. The Morgan fingerprint density at radius 1 is 1.22 bits per heavy atom. The van der Waals surface area contributed by atoms with Crippen LogP contribution in [0.4, 0.5) is 5.69 Å². The summed E-state index contributed by atoms with van der Waals surface area (Å²) in [5, 5.41) is 29.5. The number of aliphatic hydroxyl groups is 2. The third-order valence-electron chi connectivity index (χ3n) is 4.66. The second-order valence-corrected chi connectivity index (χ2v) is 8.00. The van der Waals surface area contributed by atoms with Crippen molar-refractivity contribution >= 4 is 23.6 Å². The monoisotopic (exact) mass is 464 g/mol. The number of hydrogen-bond acceptors (Lipinski definition) is 8. The van der Waals surface area contributed by atoms with Gasteiger partial charge in [-0.1, -0.05) is 31.5 Å². The van der Waals surface area contributed by atoms with Crippen molar-refractivity contribution < 1.29 is 29.6 Å². The Morgan fingerprint density at radius 2 is 1.97 bits per heavy atom. The highest BCUT2D eigenvalue weighted by Gasteiger charge is 2.22. The van der Waals surface area contributed by atoms with Crippen molar-refractivity contribution in [1.82, 2.24) is 4.72 Å². The van der Waals surface area contributed by atoms with E-state index in [2.05, 4.69) is 17.0 Å². The van der Waals surface area contributed by atoms with E-state index in [4.69, 9.17) is 14.6 Å². The van der Waals surface area contributed by atoms with E-state index in [0.717, 1.165) is 20.0 Å². The van der Waals surface area contributed by atoms with Gasteiger partial charge in [0.2, 0.25) is 0 Å². The summed E-state index contributed by atoms with van der Waals surface area (Å²) in [5.74, 6) is 0.229. The highest BCUT2D eigenvalue weighted by atomic mass is 32.2. The predicted octanol–water partition coefficient (Wildman–Crippen LogP) is 4.09. The number of anilines is 1. The largest absolute Gasteiger partial charge is 0.478 e. The molecule has 1 saturated heterocycles. The standard InChI is InChI=1S/C22H28N2O5S.CH4O/c1-2-3-11-23-18-12-15(22(26)27)13-19(21(18)29-17-7-5-4-6-8-17)30-24-20-10-9-16(25)14-28-20;1-2/h4-8,12-13,16,20,23-25H,2-3,9-11,14H2,1H3,(H,26,27);2H,1H3. The van der Waals surface area contributed by atoms with Crippen LogP contribution in [0.1, 0.15) is 43.0 Å². The summed E-state index contributed by atoms with van der Waals surface area (Å²) in [6, 6.07) is 12.6. The van der Waals surface area contributed by atoms with Crippen LogP contribution in [0.3, 0.4) is 0 Å². The second-order valence-electron chi connectivity index (χ2n) is 7.12. The van der Waals surface area contributed by atoms with E-state index in [1.807, 2.05) is 30.3 Å². The Morgan fingerprint density at radius 3 is 2.59 bits per heavy atom. The van der Waals surface area contributed by atoms with Crippen molar-refractivity contribution in [2.75, 3.05) is 25.6 Å². The molecule has 0 bridgehead atoms. The fraction of sp³-hybridized carbons (Fsp3) is 0.435. The van der Waals surface area contributed by atoms with E-state index in [0.29, 0.717) is 41.5 Å². The van der Waals surface area contributed by atoms with Gasteiger partial charge in [0, 0.05) is 13.7 Å². The molecule has 0 amide bonds. The van der Waals surface area contributed by atoms with Crippen LogP contribution in [0.15, 0.2) is 47.4 Å². The highest BCUT2D eigenvalue weighted by Crippen LogP contribution is 2.40. The molecule has 176 valence electrons. The lowest BCUT2D eigenvalue weighted by atomic mass is 10.1. The molecule has 2 unspecified atom stereocenters. The Kier molecular flexibility index (Phi) is 11.3. The summed E-state index contributed by atoms with van der Waals surface area (Å²) in [4.78, 5) is 12.3. The van der Waals surface area contributed by atoms with E-state index < -0.39 is 12.1 Å². The average Bonchev–Trinajstić information content (AvgIpc) is 2.82. The number of carbonyl (C=O) groups is 1. The molecule has 0 saturated carbocycles. The predicted molar refractivity (Wildman–Crippen MR) is 125 cm³/mol. The van der Waals surface area contributed by atoms with Crippen LogP contribution in [0, 0.1) is 0 Å². The minimum atomic E-state index is -1.00. The molecule has 8 nitrogen and oxygen atoms in total. The molecule has 1 aliphatic rings. The number of unbranched alkanes of at least 4 members (excludes halogenated alkanes) is 1. The third-order valence-corrected chi connectivity index (χ3v) is 5.57. The smallest absolute Gasteiger partial charge is 0.335 e.